The molecule has 0 spiro atoms. The van der Waals surface area contributed by atoms with Crippen LogP contribution in [-0.2, 0) is 13.0 Å². The Labute approximate surface area is 109 Å². The maximum atomic E-state index is 13.8. The van der Waals surface area contributed by atoms with Gasteiger partial charge in [0.1, 0.15) is 34.9 Å². The van der Waals surface area contributed by atoms with Crippen LogP contribution in [0.1, 0.15) is 24.4 Å². The standard InChI is InChI=1S/C14H11F2N3/c15-9-4-5-10(11(16)7-9)14-12(8-17)19-6-2-1-3-13(19)18-14/h4-5,7H,1-3,6H2. The Morgan fingerprint density at radius 3 is 2.84 bits per heavy atom. The van der Waals surface area contributed by atoms with Crippen LogP contribution >= 0.6 is 0 Å². The quantitative estimate of drug-likeness (QED) is 0.789. The molecule has 3 rings (SSSR count). The van der Waals surface area contributed by atoms with Gasteiger partial charge in [-0.25, -0.2) is 13.8 Å². The van der Waals surface area contributed by atoms with E-state index in [4.69, 9.17) is 0 Å². The number of aryl methyl sites for hydroxylation is 1. The first-order chi connectivity index (χ1) is 9.20. The summed E-state index contributed by atoms with van der Waals surface area (Å²) in [5.74, 6) is -0.516. The number of fused-ring (bicyclic) bond motifs is 1. The molecular weight excluding hydrogens is 248 g/mol. The molecule has 1 aromatic heterocycles. The van der Waals surface area contributed by atoms with Gasteiger partial charge in [-0.3, -0.25) is 0 Å². The zero-order chi connectivity index (χ0) is 13.4. The molecule has 19 heavy (non-hydrogen) atoms. The SMILES string of the molecule is N#Cc1c(-c2ccc(F)cc2F)nc2n1CCCC2. The van der Waals surface area contributed by atoms with Crippen LogP contribution in [0.15, 0.2) is 18.2 Å². The average molecular weight is 259 g/mol. The molecule has 2 heterocycles. The molecule has 0 N–H and O–H groups in total. The van der Waals surface area contributed by atoms with Crippen molar-refractivity contribution < 1.29 is 8.78 Å². The lowest BCUT2D eigenvalue weighted by molar-refractivity contribution is 0.519. The normalized spacial score (nSPS) is 13.9. The van der Waals surface area contributed by atoms with Crippen LogP contribution in [0.4, 0.5) is 8.78 Å². The maximum absolute atomic E-state index is 13.8. The number of nitrogens with zero attached hydrogens (tertiary/aromatic N) is 3. The van der Waals surface area contributed by atoms with E-state index in [-0.39, 0.29) is 5.56 Å². The largest absolute Gasteiger partial charge is 0.319 e. The second-order valence-corrected chi connectivity index (χ2v) is 4.57. The zero-order valence-corrected chi connectivity index (χ0v) is 10.2. The molecule has 0 aliphatic carbocycles. The monoisotopic (exact) mass is 259 g/mol. The second kappa shape index (κ2) is 4.47. The van der Waals surface area contributed by atoms with E-state index in [9.17, 15) is 14.0 Å². The van der Waals surface area contributed by atoms with Gasteiger partial charge in [-0.2, -0.15) is 5.26 Å². The molecule has 0 fully saturated rings. The van der Waals surface area contributed by atoms with E-state index >= 15 is 0 Å². The molecule has 0 unspecified atom stereocenters. The van der Waals surface area contributed by atoms with Crippen molar-refractivity contribution in [2.45, 2.75) is 25.8 Å². The van der Waals surface area contributed by atoms with Crippen molar-refractivity contribution in [3.8, 4) is 17.3 Å². The second-order valence-electron chi connectivity index (χ2n) is 4.57. The van der Waals surface area contributed by atoms with Crippen LogP contribution in [0.25, 0.3) is 11.3 Å². The van der Waals surface area contributed by atoms with Crippen molar-refractivity contribution in [3.05, 3.63) is 41.4 Å². The van der Waals surface area contributed by atoms with E-state index in [2.05, 4.69) is 11.1 Å². The fourth-order valence-corrected chi connectivity index (χ4v) is 2.47. The van der Waals surface area contributed by atoms with Crippen LogP contribution in [0.5, 0.6) is 0 Å². The minimum absolute atomic E-state index is 0.180. The number of halogens is 2. The minimum atomic E-state index is -0.688. The minimum Gasteiger partial charge on any atom is -0.319 e. The number of nitriles is 1. The summed E-state index contributed by atoms with van der Waals surface area (Å²) in [6.07, 6.45) is 2.80. The summed E-state index contributed by atoms with van der Waals surface area (Å²) in [4.78, 5) is 4.36. The summed E-state index contributed by atoms with van der Waals surface area (Å²) in [6, 6.07) is 5.41. The average Bonchev–Trinajstić information content (AvgIpc) is 2.76. The molecule has 1 aliphatic heterocycles. The molecule has 0 saturated carbocycles. The van der Waals surface area contributed by atoms with Crippen LogP contribution in [0, 0.1) is 23.0 Å². The maximum Gasteiger partial charge on any atom is 0.148 e. The van der Waals surface area contributed by atoms with Crippen LogP contribution in [-0.4, -0.2) is 9.55 Å². The lowest BCUT2D eigenvalue weighted by atomic mass is 10.1. The molecule has 1 aromatic carbocycles. The molecule has 0 saturated heterocycles. The summed E-state index contributed by atoms with van der Waals surface area (Å²) in [5.41, 5.74) is 0.858. The summed E-state index contributed by atoms with van der Waals surface area (Å²) in [7, 11) is 0. The summed E-state index contributed by atoms with van der Waals surface area (Å²) >= 11 is 0. The van der Waals surface area contributed by atoms with E-state index in [1.54, 1.807) is 0 Å². The Morgan fingerprint density at radius 2 is 2.11 bits per heavy atom. The topological polar surface area (TPSA) is 41.6 Å². The number of imidazole rings is 1. The third-order valence-corrected chi connectivity index (χ3v) is 3.37. The van der Waals surface area contributed by atoms with Gasteiger partial charge >= 0.3 is 0 Å². The van der Waals surface area contributed by atoms with Crippen LogP contribution in [0.2, 0.25) is 0 Å². The zero-order valence-electron chi connectivity index (χ0n) is 10.2. The van der Waals surface area contributed by atoms with Crippen LogP contribution in [0.3, 0.4) is 0 Å². The summed E-state index contributed by atoms with van der Waals surface area (Å²) < 4.78 is 28.6. The predicted molar refractivity (Wildman–Crippen MR) is 65.2 cm³/mol. The highest BCUT2D eigenvalue weighted by Crippen LogP contribution is 2.29. The first kappa shape index (κ1) is 11.8. The fraction of sp³-hybridized carbons (Fsp3) is 0.286. The lowest BCUT2D eigenvalue weighted by Gasteiger charge is -2.13. The molecule has 2 aromatic rings. The molecule has 0 amide bonds. The molecule has 0 atom stereocenters. The lowest BCUT2D eigenvalue weighted by Crippen LogP contribution is -2.11. The molecule has 3 nitrogen and oxygen atoms in total. The molecule has 96 valence electrons. The highest BCUT2D eigenvalue weighted by Gasteiger charge is 2.22. The van der Waals surface area contributed by atoms with E-state index < -0.39 is 11.6 Å². The Hall–Kier alpha value is -2.22. The molecule has 5 heteroatoms. The van der Waals surface area contributed by atoms with Gasteiger partial charge in [0, 0.05) is 24.6 Å². The number of aromatic nitrogens is 2. The van der Waals surface area contributed by atoms with Gasteiger partial charge in [0.25, 0.3) is 0 Å². The van der Waals surface area contributed by atoms with Crippen molar-refractivity contribution >= 4 is 0 Å². The van der Waals surface area contributed by atoms with Crippen LogP contribution < -0.4 is 0 Å². The number of hydrogen-bond donors (Lipinski definition) is 0. The molecule has 0 bridgehead atoms. The van der Waals surface area contributed by atoms with E-state index in [1.165, 1.54) is 12.1 Å². The van der Waals surface area contributed by atoms with Crippen molar-refractivity contribution in [2.24, 2.45) is 0 Å². The Morgan fingerprint density at radius 1 is 1.26 bits per heavy atom. The number of benzene rings is 1. The van der Waals surface area contributed by atoms with E-state index in [0.717, 1.165) is 37.7 Å². The first-order valence-electron chi connectivity index (χ1n) is 6.15. The number of rotatable bonds is 1. The number of hydrogen-bond acceptors (Lipinski definition) is 2. The predicted octanol–water partition coefficient (Wildman–Crippen LogP) is 3.04. The summed E-state index contributed by atoms with van der Waals surface area (Å²) in [5, 5.41) is 9.26. The van der Waals surface area contributed by atoms with Crippen molar-refractivity contribution in [1.29, 1.82) is 5.26 Å². The smallest absolute Gasteiger partial charge is 0.148 e. The van der Waals surface area contributed by atoms with E-state index in [1.807, 2.05) is 4.57 Å². The third kappa shape index (κ3) is 1.89. The Balaban J connectivity index is 2.20. The Kier molecular flexibility index (Phi) is 2.79. The third-order valence-electron chi connectivity index (χ3n) is 3.37. The van der Waals surface area contributed by atoms with Gasteiger partial charge in [-0.1, -0.05) is 0 Å². The van der Waals surface area contributed by atoms with Gasteiger partial charge in [-0.05, 0) is 25.0 Å². The van der Waals surface area contributed by atoms with Gasteiger partial charge in [-0.15, -0.1) is 0 Å². The van der Waals surface area contributed by atoms with Gasteiger partial charge in [0.05, 0.1) is 0 Å². The first-order valence-corrected chi connectivity index (χ1v) is 6.15. The molecule has 1 aliphatic rings. The van der Waals surface area contributed by atoms with E-state index in [0.29, 0.717) is 11.4 Å². The van der Waals surface area contributed by atoms with Gasteiger partial charge in [0.2, 0.25) is 0 Å². The van der Waals surface area contributed by atoms with Gasteiger partial charge in [0.15, 0.2) is 0 Å². The molecular formula is C14H11F2N3. The molecule has 0 radical (unpaired) electrons. The van der Waals surface area contributed by atoms with Crippen molar-refractivity contribution in [3.63, 3.8) is 0 Å². The highest BCUT2D eigenvalue weighted by atomic mass is 19.1. The summed E-state index contributed by atoms with van der Waals surface area (Å²) in [6.45, 7) is 0.730. The van der Waals surface area contributed by atoms with Crippen molar-refractivity contribution in [2.75, 3.05) is 0 Å². The van der Waals surface area contributed by atoms with Gasteiger partial charge < -0.3 is 4.57 Å². The fourth-order valence-electron chi connectivity index (χ4n) is 2.47. The Bertz CT molecular complexity index is 683. The highest BCUT2D eigenvalue weighted by molar-refractivity contribution is 5.66. The van der Waals surface area contributed by atoms with Crippen molar-refractivity contribution in [1.82, 2.24) is 9.55 Å².